The Morgan fingerprint density at radius 2 is 1.57 bits per heavy atom. The Balaban J connectivity index is 1.50. The van der Waals surface area contributed by atoms with Crippen LogP contribution in [0.4, 0.5) is 0 Å². The minimum atomic E-state index is 0.821. The number of fused-ring (bicyclic) bond motifs is 1. The molecule has 0 radical (unpaired) electrons. The van der Waals surface area contributed by atoms with Crippen LogP contribution in [0.2, 0.25) is 0 Å². The fourth-order valence-electron chi connectivity index (χ4n) is 2.83. The van der Waals surface area contributed by atoms with E-state index in [1.54, 1.807) is 11.8 Å². The van der Waals surface area contributed by atoms with Gasteiger partial charge >= 0.3 is 0 Å². The molecule has 0 aliphatic rings. The Bertz CT molecular complexity index is 564. The van der Waals surface area contributed by atoms with Gasteiger partial charge in [-0.3, -0.25) is 0 Å². The van der Waals surface area contributed by atoms with Crippen LogP contribution in [0.15, 0.2) is 27.8 Å². The summed E-state index contributed by atoms with van der Waals surface area (Å²) in [4.78, 5) is 4.55. The number of hydrogen-bond donors (Lipinski definition) is 0. The third-order valence-electron chi connectivity index (χ3n) is 4.25. The van der Waals surface area contributed by atoms with Crippen molar-refractivity contribution in [2.75, 3.05) is 5.75 Å². The third kappa shape index (κ3) is 6.99. The van der Waals surface area contributed by atoms with Crippen LogP contribution in [0.3, 0.4) is 0 Å². The first-order chi connectivity index (χ1) is 11.3. The van der Waals surface area contributed by atoms with Crippen molar-refractivity contribution in [1.82, 2.24) is 4.98 Å². The van der Waals surface area contributed by atoms with Gasteiger partial charge in [0.2, 0.25) is 0 Å². The van der Waals surface area contributed by atoms with Crippen molar-refractivity contribution < 1.29 is 4.42 Å². The number of aryl methyl sites for hydroxylation is 1. The van der Waals surface area contributed by atoms with Gasteiger partial charge in [0.25, 0.3) is 5.22 Å². The van der Waals surface area contributed by atoms with Crippen LogP contribution in [0.25, 0.3) is 11.1 Å². The fraction of sp³-hybridized carbons (Fsp3) is 0.650. The molecule has 0 N–H and O–H groups in total. The van der Waals surface area contributed by atoms with Gasteiger partial charge in [0.15, 0.2) is 5.58 Å². The van der Waals surface area contributed by atoms with Gasteiger partial charge < -0.3 is 4.42 Å². The topological polar surface area (TPSA) is 26.0 Å². The molecule has 23 heavy (non-hydrogen) atoms. The summed E-state index contributed by atoms with van der Waals surface area (Å²) in [5.74, 6) is 1.11. The van der Waals surface area contributed by atoms with Crippen LogP contribution >= 0.6 is 11.8 Å². The zero-order chi connectivity index (χ0) is 16.3. The second-order valence-corrected chi connectivity index (χ2v) is 7.53. The largest absolute Gasteiger partial charge is 0.431 e. The summed E-state index contributed by atoms with van der Waals surface area (Å²) in [7, 11) is 0. The standard InChI is InChI=1S/C20H31NOS/c1-3-4-5-6-7-8-9-10-11-12-15-23-20-21-18-16-17(2)13-14-19(18)22-20/h13-14,16H,3-12,15H2,1-2H3. The van der Waals surface area contributed by atoms with Crippen molar-refractivity contribution in [2.24, 2.45) is 0 Å². The summed E-state index contributed by atoms with van der Waals surface area (Å²) in [5.41, 5.74) is 3.12. The van der Waals surface area contributed by atoms with E-state index in [2.05, 4.69) is 31.0 Å². The average Bonchev–Trinajstić information content (AvgIpc) is 2.94. The SMILES string of the molecule is CCCCCCCCCCCCSc1nc2cc(C)ccc2o1. The van der Waals surface area contributed by atoms with Crippen molar-refractivity contribution in [1.29, 1.82) is 0 Å². The molecule has 0 aliphatic carbocycles. The Labute approximate surface area is 145 Å². The molecule has 0 saturated heterocycles. The summed E-state index contributed by atoms with van der Waals surface area (Å²) >= 11 is 1.75. The van der Waals surface area contributed by atoms with Gasteiger partial charge in [-0.15, -0.1) is 0 Å². The Kier molecular flexibility index (Phi) is 8.59. The molecule has 0 saturated carbocycles. The van der Waals surface area contributed by atoms with Crippen molar-refractivity contribution in [2.45, 2.75) is 83.3 Å². The van der Waals surface area contributed by atoms with Crippen molar-refractivity contribution in [3.05, 3.63) is 23.8 Å². The zero-order valence-electron chi connectivity index (χ0n) is 14.8. The molecule has 0 fully saturated rings. The lowest BCUT2D eigenvalue weighted by Crippen LogP contribution is -1.84. The first kappa shape index (κ1) is 18.4. The normalized spacial score (nSPS) is 11.4. The first-order valence-corrected chi connectivity index (χ1v) is 10.3. The number of thioether (sulfide) groups is 1. The highest BCUT2D eigenvalue weighted by atomic mass is 32.2. The highest BCUT2D eigenvalue weighted by Gasteiger charge is 2.05. The molecule has 1 heterocycles. The van der Waals surface area contributed by atoms with E-state index < -0.39 is 0 Å². The van der Waals surface area contributed by atoms with E-state index in [0.29, 0.717) is 0 Å². The van der Waals surface area contributed by atoms with E-state index in [-0.39, 0.29) is 0 Å². The number of aromatic nitrogens is 1. The van der Waals surface area contributed by atoms with Crippen LogP contribution in [0.5, 0.6) is 0 Å². The molecule has 0 aliphatic heterocycles. The van der Waals surface area contributed by atoms with E-state index in [9.17, 15) is 0 Å². The predicted octanol–water partition coefficient (Wildman–Crippen LogP) is 7.15. The van der Waals surface area contributed by atoms with Gasteiger partial charge in [-0.1, -0.05) is 82.5 Å². The Morgan fingerprint density at radius 1 is 0.913 bits per heavy atom. The Hall–Kier alpha value is -0.960. The van der Waals surface area contributed by atoms with Gasteiger partial charge in [0.05, 0.1) is 0 Å². The van der Waals surface area contributed by atoms with Crippen molar-refractivity contribution in [3.8, 4) is 0 Å². The number of benzene rings is 1. The molecule has 1 aromatic carbocycles. The van der Waals surface area contributed by atoms with E-state index in [4.69, 9.17) is 4.42 Å². The second-order valence-electron chi connectivity index (χ2n) is 6.48. The number of rotatable bonds is 12. The molecule has 0 unspecified atom stereocenters. The predicted molar refractivity (Wildman–Crippen MR) is 101 cm³/mol. The highest BCUT2D eigenvalue weighted by Crippen LogP contribution is 2.25. The summed E-state index contributed by atoms with van der Waals surface area (Å²) < 4.78 is 5.77. The molecule has 2 aromatic rings. The fourth-order valence-corrected chi connectivity index (χ4v) is 3.66. The van der Waals surface area contributed by atoms with Gasteiger partial charge in [-0.2, -0.15) is 0 Å². The van der Waals surface area contributed by atoms with Gasteiger partial charge in [-0.25, -0.2) is 4.98 Å². The summed E-state index contributed by atoms with van der Waals surface area (Å²) in [6.45, 7) is 4.37. The van der Waals surface area contributed by atoms with Crippen LogP contribution in [0, 0.1) is 6.92 Å². The molecule has 0 spiro atoms. The molecular weight excluding hydrogens is 302 g/mol. The highest BCUT2D eigenvalue weighted by molar-refractivity contribution is 7.99. The molecule has 0 atom stereocenters. The Morgan fingerprint density at radius 3 is 2.26 bits per heavy atom. The summed E-state index contributed by atoms with van der Waals surface area (Å²) in [6.07, 6.45) is 13.8. The van der Waals surface area contributed by atoms with Gasteiger partial charge in [0, 0.05) is 5.75 Å². The average molecular weight is 334 g/mol. The minimum absolute atomic E-state index is 0.821. The van der Waals surface area contributed by atoms with Crippen LogP contribution < -0.4 is 0 Å². The minimum Gasteiger partial charge on any atom is -0.431 e. The number of oxazole rings is 1. The molecular formula is C20H31NOS. The molecule has 1 aromatic heterocycles. The molecule has 0 amide bonds. The van der Waals surface area contributed by atoms with Crippen LogP contribution in [-0.2, 0) is 0 Å². The van der Waals surface area contributed by atoms with E-state index in [1.807, 2.05) is 6.07 Å². The zero-order valence-corrected chi connectivity index (χ0v) is 15.6. The lowest BCUT2D eigenvalue weighted by molar-refractivity contribution is 0.489. The molecule has 128 valence electrons. The molecule has 0 bridgehead atoms. The first-order valence-electron chi connectivity index (χ1n) is 9.29. The van der Waals surface area contributed by atoms with Crippen molar-refractivity contribution >= 4 is 22.9 Å². The van der Waals surface area contributed by atoms with E-state index in [1.165, 1.54) is 69.8 Å². The smallest absolute Gasteiger partial charge is 0.256 e. The van der Waals surface area contributed by atoms with Gasteiger partial charge in [0.1, 0.15) is 5.52 Å². The number of hydrogen-bond acceptors (Lipinski definition) is 3. The quantitative estimate of drug-likeness (QED) is 0.305. The molecule has 3 heteroatoms. The monoisotopic (exact) mass is 333 g/mol. The molecule has 2 rings (SSSR count). The maximum Gasteiger partial charge on any atom is 0.256 e. The van der Waals surface area contributed by atoms with Gasteiger partial charge in [-0.05, 0) is 31.0 Å². The maximum absolute atomic E-state index is 5.77. The van der Waals surface area contributed by atoms with E-state index in [0.717, 1.165) is 22.1 Å². The maximum atomic E-state index is 5.77. The summed E-state index contributed by atoms with van der Waals surface area (Å²) in [6, 6.07) is 6.18. The second kappa shape index (κ2) is 10.7. The van der Waals surface area contributed by atoms with Crippen LogP contribution in [0.1, 0.15) is 76.7 Å². The van der Waals surface area contributed by atoms with E-state index >= 15 is 0 Å². The third-order valence-corrected chi connectivity index (χ3v) is 5.16. The number of nitrogens with zero attached hydrogens (tertiary/aromatic N) is 1. The lowest BCUT2D eigenvalue weighted by atomic mass is 10.1. The van der Waals surface area contributed by atoms with Crippen LogP contribution in [-0.4, -0.2) is 10.7 Å². The number of unbranched alkanes of at least 4 members (excludes halogenated alkanes) is 9. The lowest BCUT2D eigenvalue weighted by Gasteiger charge is -2.01. The summed E-state index contributed by atoms with van der Waals surface area (Å²) in [5, 5.41) is 0.821. The molecule has 2 nitrogen and oxygen atoms in total. The van der Waals surface area contributed by atoms with Crippen molar-refractivity contribution in [3.63, 3.8) is 0 Å².